The molecular weight excluding hydrogens is 300 g/mol. The van der Waals surface area contributed by atoms with Crippen LogP contribution in [0.15, 0.2) is 5.16 Å². The van der Waals surface area contributed by atoms with Crippen molar-refractivity contribution in [2.24, 2.45) is 17.0 Å². The maximum absolute atomic E-state index is 12.4. The number of oxime groups is 1. The highest BCUT2D eigenvalue weighted by Gasteiger charge is 2.58. The normalized spacial score (nSPS) is 33.2. The minimum absolute atomic E-state index is 0.0904. The monoisotopic (exact) mass is 324 g/mol. The lowest BCUT2D eigenvalue weighted by Gasteiger charge is -2.51. The number of nitrogens with zero attached hydrogens (tertiary/aromatic N) is 2. The third-order valence-corrected chi connectivity index (χ3v) is 5.04. The van der Waals surface area contributed by atoms with Crippen molar-refractivity contribution in [1.82, 2.24) is 4.90 Å². The molecule has 2 heterocycles. The first-order valence-electron chi connectivity index (χ1n) is 8.17. The molecule has 3 atom stereocenters. The fourth-order valence-electron chi connectivity index (χ4n) is 4.03. The Labute approximate surface area is 135 Å². The van der Waals surface area contributed by atoms with Crippen molar-refractivity contribution in [1.29, 1.82) is 0 Å². The number of piperidine rings is 1. The maximum atomic E-state index is 12.4. The van der Waals surface area contributed by atoms with Crippen LogP contribution in [-0.4, -0.2) is 52.1 Å². The Bertz CT molecular complexity index is 537. The van der Waals surface area contributed by atoms with E-state index in [2.05, 4.69) is 5.16 Å². The van der Waals surface area contributed by atoms with Gasteiger partial charge in [-0.2, -0.15) is 0 Å². The molecule has 3 aliphatic rings. The molecule has 23 heavy (non-hydrogen) atoms. The van der Waals surface area contributed by atoms with Gasteiger partial charge in [-0.15, -0.1) is 0 Å². The lowest BCUT2D eigenvalue weighted by Crippen LogP contribution is -2.61. The van der Waals surface area contributed by atoms with Crippen LogP contribution in [0.5, 0.6) is 0 Å². The van der Waals surface area contributed by atoms with Gasteiger partial charge in [0.15, 0.2) is 11.3 Å². The van der Waals surface area contributed by atoms with Gasteiger partial charge < -0.3 is 19.6 Å². The van der Waals surface area contributed by atoms with Crippen LogP contribution in [0, 0.1) is 11.8 Å². The summed E-state index contributed by atoms with van der Waals surface area (Å²) in [5.41, 5.74) is -0.984. The van der Waals surface area contributed by atoms with Crippen molar-refractivity contribution < 1.29 is 24.3 Å². The first-order chi connectivity index (χ1) is 10.7. The Kier molecular flexibility index (Phi) is 3.77. The molecule has 0 radical (unpaired) electrons. The Hall–Kier alpha value is -1.79. The Morgan fingerprint density at radius 2 is 1.91 bits per heavy atom. The van der Waals surface area contributed by atoms with Gasteiger partial charge in [0.05, 0.1) is 0 Å². The number of carbonyl (C=O) groups excluding carboxylic acids is 1. The van der Waals surface area contributed by atoms with Gasteiger partial charge in [0.2, 0.25) is 0 Å². The van der Waals surface area contributed by atoms with E-state index in [0.717, 1.165) is 19.3 Å². The smallest absolute Gasteiger partial charge is 0.410 e. The van der Waals surface area contributed by atoms with Crippen molar-refractivity contribution in [3.05, 3.63) is 0 Å². The van der Waals surface area contributed by atoms with Gasteiger partial charge in [-0.05, 0) is 33.6 Å². The van der Waals surface area contributed by atoms with E-state index in [0.29, 0.717) is 19.5 Å². The summed E-state index contributed by atoms with van der Waals surface area (Å²) in [6.45, 7) is 6.63. The van der Waals surface area contributed by atoms with Crippen LogP contribution in [0.4, 0.5) is 4.79 Å². The molecule has 0 aromatic carbocycles. The molecule has 2 aliphatic heterocycles. The summed E-state index contributed by atoms with van der Waals surface area (Å²) in [4.78, 5) is 31.0. The SMILES string of the molecule is CC(C)(C)OC(=O)N1CC2CCC[C@H](C1)C21CC(C(=O)O)=NO1. The van der Waals surface area contributed by atoms with Gasteiger partial charge in [-0.3, -0.25) is 0 Å². The van der Waals surface area contributed by atoms with E-state index >= 15 is 0 Å². The van der Waals surface area contributed by atoms with Crippen molar-refractivity contribution in [2.75, 3.05) is 13.1 Å². The molecule has 0 aromatic heterocycles. The first-order valence-corrected chi connectivity index (χ1v) is 8.17. The molecule has 3 rings (SSSR count). The predicted octanol–water partition coefficient (Wildman–Crippen LogP) is 2.25. The number of rotatable bonds is 1. The Morgan fingerprint density at radius 1 is 1.30 bits per heavy atom. The third kappa shape index (κ3) is 2.88. The van der Waals surface area contributed by atoms with Crippen LogP contribution in [0.3, 0.4) is 0 Å². The number of amides is 1. The van der Waals surface area contributed by atoms with Crippen LogP contribution in [0.2, 0.25) is 0 Å². The van der Waals surface area contributed by atoms with Gasteiger partial charge in [-0.1, -0.05) is 11.6 Å². The predicted molar refractivity (Wildman–Crippen MR) is 82.1 cm³/mol. The average molecular weight is 324 g/mol. The van der Waals surface area contributed by atoms with Crippen LogP contribution < -0.4 is 0 Å². The van der Waals surface area contributed by atoms with Crippen LogP contribution in [0.1, 0.15) is 46.5 Å². The number of ether oxygens (including phenoxy) is 1. The molecule has 1 N–H and O–H groups in total. The van der Waals surface area contributed by atoms with Gasteiger partial charge in [-0.25, -0.2) is 9.59 Å². The topological polar surface area (TPSA) is 88.4 Å². The Balaban J connectivity index is 1.75. The number of aliphatic carboxylic acids is 1. The van der Waals surface area contributed by atoms with Crippen LogP contribution >= 0.6 is 0 Å². The van der Waals surface area contributed by atoms with E-state index in [1.807, 2.05) is 20.8 Å². The summed E-state index contributed by atoms with van der Waals surface area (Å²) < 4.78 is 5.48. The highest BCUT2D eigenvalue weighted by Crippen LogP contribution is 2.49. The van der Waals surface area contributed by atoms with E-state index in [4.69, 9.17) is 14.7 Å². The molecule has 1 saturated heterocycles. The second-order valence-electron chi connectivity index (χ2n) is 7.78. The van der Waals surface area contributed by atoms with Gasteiger partial charge >= 0.3 is 12.1 Å². The minimum atomic E-state index is -1.02. The molecule has 1 spiro atoms. The molecular formula is C16H24N2O5. The highest BCUT2D eigenvalue weighted by molar-refractivity contribution is 6.36. The van der Waals surface area contributed by atoms with Crippen LogP contribution in [0.25, 0.3) is 0 Å². The molecule has 7 nitrogen and oxygen atoms in total. The number of carbonyl (C=O) groups is 2. The van der Waals surface area contributed by atoms with Gasteiger partial charge in [0.1, 0.15) is 5.60 Å². The molecule has 1 aliphatic carbocycles. The molecule has 2 fully saturated rings. The summed E-state index contributed by atoms with van der Waals surface area (Å²) in [6, 6.07) is 0. The Morgan fingerprint density at radius 3 is 2.39 bits per heavy atom. The van der Waals surface area contributed by atoms with Crippen molar-refractivity contribution in [3.63, 3.8) is 0 Å². The molecule has 2 unspecified atom stereocenters. The molecule has 2 bridgehead atoms. The second kappa shape index (κ2) is 5.39. The van der Waals surface area contributed by atoms with E-state index in [1.165, 1.54) is 0 Å². The maximum Gasteiger partial charge on any atom is 0.410 e. The zero-order valence-electron chi connectivity index (χ0n) is 13.9. The minimum Gasteiger partial charge on any atom is -0.477 e. The molecule has 1 amide bonds. The second-order valence-corrected chi connectivity index (χ2v) is 7.78. The lowest BCUT2D eigenvalue weighted by atomic mass is 9.64. The fraction of sp³-hybridized carbons (Fsp3) is 0.812. The standard InChI is InChI=1S/C16H24N2O5/c1-15(2,3)22-14(21)18-8-10-5-4-6-11(9-18)16(10)7-12(13(19)20)17-23-16/h10-11H,4-9H2,1-3H3,(H,19,20)/t10-,11?,16?/m1/s1. The summed E-state index contributed by atoms with van der Waals surface area (Å²) >= 11 is 0. The van der Waals surface area contributed by atoms with E-state index in [9.17, 15) is 9.59 Å². The number of carboxylic acids is 1. The number of hydrogen-bond donors (Lipinski definition) is 1. The number of likely N-dealkylation sites (tertiary alicyclic amines) is 1. The highest BCUT2D eigenvalue weighted by atomic mass is 16.7. The van der Waals surface area contributed by atoms with Crippen molar-refractivity contribution >= 4 is 17.8 Å². The summed E-state index contributed by atoms with van der Waals surface area (Å²) in [5, 5.41) is 13.0. The largest absolute Gasteiger partial charge is 0.477 e. The molecule has 1 saturated carbocycles. The van der Waals surface area contributed by atoms with Gasteiger partial charge in [0.25, 0.3) is 0 Å². The summed E-state index contributed by atoms with van der Waals surface area (Å²) in [6.07, 6.45) is 2.93. The van der Waals surface area contributed by atoms with E-state index in [-0.39, 0.29) is 23.6 Å². The molecule has 128 valence electrons. The van der Waals surface area contributed by atoms with E-state index < -0.39 is 17.2 Å². The third-order valence-electron chi connectivity index (χ3n) is 5.04. The average Bonchev–Trinajstić information content (AvgIpc) is 2.82. The van der Waals surface area contributed by atoms with Crippen molar-refractivity contribution in [2.45, 2.75) is 57.7 Å². The van der Waals surface area contributed by atoms with Gasteiger partial charge in [0, 0.05) is 31.3 Å². The molecule has 7 heteroatoms. The summed E-state index contributed by atoms with van der Waals surface area (Å²) in [5.74, 6) is -0.819. The van der Waals surface area contributed by atoms with Crippen LogP contribution in [-0.2, 0) is 14.4 Å². The molecule has 0 aromatic rings. The first kappa shape index (κ1) is 16.1. The lowest BCUT2D eigenvalue weighted by molar-refractivity contribution is -0.159. The number of hydrogen-bond acceptors (Lipinski definition) is 5. The zero-order chi connectivity index (χ0) is 16.8. The van der Waals surface area contributed by atoms with Crippen molar-refractivity contribution in [3.8, 4) is 0 Å². The number of carboxylic acid groups (broad SMARTS) is 1. The zero-order valence-corrected chi connectivity index (χ0v) is 13.9. The summed E-state index contributed by atoms with van der Waals surface area (Å²) in [7, 11) is 0. The fourth-order valence-corrected chi connectivity index (χ4v) is 4.03. The van der Waals surface area contributed by atoms with E-state index in [1.54, 1.807) is 4.90 Å². The quantitative estimate of drug-likeness (QED) is 0.799.